The Balaban J connectivity index is 1.81. The van der Waals surface area contributed by atoms with E-state index in [1.807, 2.05) is 0 Å². The summed E-state index contributed by atoms with van der Waals surface area (Å²) in [5.41, 5.74) is 0.277. The van der Waals surface area contributed by atoms with Crippen LogP contribution in [0.25, 0.3) is 0 Å². The van der Waals surface area contributed by atoms with Gasteiger partial charge in [0.05, 0.1) is 16.8 Å². The first-order valence-electron chi connectivity index (χ1n) is 7.93. The summed E-state index contributed by atoms with van der Waals surface area (Å²) in [5.74, 6) is -2.31. The smallest absolute Gasteiger partial charge is 0.321 e. The molecule has 0 saturated carbocycles. The number of nitrogens with one attached hydrogen (secondary N) is 2. The molecule has 0 saturated heterocycles. The van der Waals surface area contributed by atoms with Gasteiger partial charge in [-0.15, -0.1) is 11.3 Å². The molecular weight excluding hydrogens is 395 g/mol. The van der Waals surface area contributed by atoms with E-state index in [-0.39, 0.29) is 17.1 Å². The molecule has 146 valence electrons. The topological polar surface area (TPSA) is 88.9 Å². The fourth-order valence-electron chi connectivity index (χ4n) is 2.33. The molecule has 2 N–H and O–H groups in total. The van der Waals surface area contributed by atoms with Gasteiger partial charge < -0.3 is 10.6 Å². The Morgan fingerprint density at radius 3 is 2.54 bits per heavy atom. The van der Waals surface area contributed by atoms with E-state index < -0.39 is 24.2 Å². The van der Waals surface area contributed by atoms with Crippen molar-refractivity contribution in [2.24, 2.45) is 0 Å². The van der Waals surface area contributed by atoms with E-state index >= 15 is 0 Å². The molecule has 0 unspecified atom stereocenters. The minimum atomic E-state index is -2.86. The van der Waals surface area contributed by atoms with Crippen LogP contribution in [0.5, 0.6) is 0 Å². The van der Waals surface area contributed by atoms with Crippen molar-refractivity contribution in [1.29, 1.82) is 0 Å². The lowest BCUT2D eigenvalue weighted by atomic mass is 10.1. The van der Waals surface area contributed by atoms with Crippen LogP contribution < -0.4 is 10.6 Å². The van der Waals surface area contributed by atoms with E-state index in [2.05, 4.69) is 20.7 Å². The number of anilines is 2. The van der Waals surface area contributed by atoms with Crippen LogP contribution in [-0.4, -0.2) is 26.6 Å². The number of benzene rings is 1. The lowest BCUT2D eigenvalue weighted by Gasteiger charge is -2.11. The number of halogens is 3. The largest absolute Gasteiger partial charge is 0.333 e. The molecule has 11 heteroatoms. The zero-order valence-electron chi connectivity index (χ0n) is 14.7. The summed E-state index contributed by atoms with van der Waals surface area (Å²) >= 11 is 1.19. The monoisotopic (exact) mass is 409 g/mol. The number of thiazole rings is 1. The molecule has 0 spiro atoms. The summed E-state index contributed by atoms with van der Waals surface area (Å²) < 4.78 is 39.7. The Hall–Kier alpha value is -3.21. The Kier molecular flexibility index (Phi) is 5.45. The molecule has 0 aliphatic rings. The van der Waals surface area contributed by atoms with Crippen molar-refractivity contribution in [1.82, 2.24) is 14.8 Å². The Labute approximate surface area is 161 Å². The van der Waals surface area contributed by atoms with Gasteiger partial charge in [0.25, 0.3) is 11.8 Å². The maximum atomic E-state index is 14.3. The van der Waals surface area contributed by atoms with Gasteiger partial charge in [-0.1, -0.05) is 0 Å². The summed E-state index contributed by atoms with van der Waals surface area (Å²) in [5, 5.41) is 9.04. The van der Waals surface area contributed by atoms with Gasteiger partial charge in [-0.2, -0.15) is 13.9 Å². The molecule has 3 rings (SSSR count). The van der Waals surface area contributed by atoms with Crippen LogP contribution in [0.3, 0.4) is 0 Å². The second-order valence-corrected chi connectivity index (χ2v) is 6.99. The number of carbonyl (C=O) groups is 2. The van der Waals surface area contributed by atoms with Crippen LogP contribution >= 0.6 is 11.3 Å². The number of hydrogen-bond acceptors (Lipinski definition) is 5. The van der Waals surface area contributed by atoms with Gasteiger partial charge in [0, 0.05) is 18.0 Å². The molecule has 2 amide bonds. The maximum Gasteiger partial charge on any atom is 0.333 e. The third-order valence-corrected chi connectivity index (χ3v) is 4.61. The normalized spacial score (nSPS) is 10.9. The van der Waals surface area contributed by atoms with Crippen LogP contribution in [0.2, 0.25) is 0 Å². The number of amides is 2. The number of aryl methyl sites for hydroxylation is 2. The molecule has 0 aliphatic heterocycles. The van der Waals surface area contributed by atoms with Gasteiger partial charge in [-0.05, 0) is 31.5 Å². The molecule has 0 aliphatic carbocycles. The van der Waals surface area contributed by atoms with E-state index in [9.17, 15) is 22.8 Å². The Morgan fingerprint density at radius 1 is 1.18 bits per heavy atom. The fourth-order valence-corrected chi connectivity index (χ4v) is 3.00. The van der Waals surface area contributed by atoms with Crippen molar-refractivity contribution in [2.75, 3.05) is 10.6 Å². The van der Waals surface area contributed by atoms with Crippen molar-refractivity contribution < 1.29 is 22.8 Å². The van der Waals surface area contributed by atoms with Crippen molar-refractivity contribution >= 4 is 34.7 Å². The van der Waals surface area contributed by atoms with Gasteiger partial charge in [0.15, 0.2) is 5.82 Å². The number of alkyl halides is 2. The average molecular weight is 409 g/mol. The van der Waals surface area contributed by atoms with Gasteiger partial charge >= 0.3 is 6.55 Å². The third kappa shape index (κ3) is 4.19. The standard InChI is InChI=1S/C17H14F3N5O2S/c1-8-5-11(18)10(15(26)23-14-3-4-25(24-14)17(19)20)6-12(8)22-16(27)13-7-21-9(2)28-13/h3-7,17H,1-2H3,(H,22,27)(H,23,24,26). The number of nitrogens with zero attached hydrogens (tertiary/aromatic N) is 3. The summed E-state index contributed by atoms with van der Waals surface area (Å²) in [6.45, 7) is 0.462. The van der Waals surface area contributed by atoms with Crippen molar-refractivity contribution in [2.45, 2.75) is 20.4 Å². The first-order chi connectivity index (χ1) is 13.2. The second-order valence-electron chi connectivity index (χ2n) is 5.76. The van der Waals surface area contributed by atoms with E-state index in [4.69, 9.17) is 0 Å². The molecule has 2 heterocycles. The number of aromatic nitrogens is 3. The van der Waals surface area contributed by atoms with Crippen molar-refractivity contribution in [3.05, 3.63) is 57.4 Å². The third-order valence-electron chi connectivity index (χ3n) is 3.70. The first kappa shape index (κ1) is 19.5. The Bertz CT molecular complexity index is 1050. The average Bonchev–Trinajstić information content (AvgIpc) is 3.26. The fraction of sp³-hybridized carbons (Fsp3) is 0.176. The highest BCUT2D eigenvalue weighted by atomic mass is 32.1. The van der Waals surface area contributed by atoms with Crippen LogP contribution in [0.15, 0.2) is 30.6 Å². The second kappa shape index (κ2) is 7.80. The molecule has 0 bridgehead atoms. The zero-order valence-corrected chi connectivity index (χ0v) is 15.5. The molecule has 7 nitrogen and oxygen atoms in total. The van der Waals surface area contributed by atoms with Gasteiger partial charge in [-0.25, -0.2) is 14.1 Å². The predicted octanol–water partition coefficient (Wildman–Crippen LogP) is 4.00. The van der Waals surface area contributed by atoms with Crippen molar-refractivity contribution in [3.63, 3.8) is 0 Å². The minimum absolute atomic E-state index is 0.156. The highest BCUT2D eigenvalue weighted by Crippen LogP contribution is 2.23. The summed E-state index contributed by atoms with van der Waals surface area (Å²) in [4.78, 5) is 29.0. The first-order valence-corrected chi connectivity index (χ1v) is 8.75. The molecule has 0 radical (unpaired) electrons. The van der Waals surface area contributed by atoms with E-state index in [1.165, 1.54) is 23.6 Å². The molecule has 28 heavy (non-hydrogen) atoms. The summed E-state index contributed by atoms with van der Waals surface area (Å²) in [6, 6.07) is 3.43. The molecular formula is C17H14F3N5O2S. The molecule has 0 fully saturated rings. The van der Waals surface area contributed by atoms with Gasteiger partial charge in [-0.3, -0.25) is 9.59 Å². The SMILES string of the molecule is Cc1ncc(C(=O)Nc2cc(C(=O)Nc3ccn(C(F)F)n3)c(F)cc2C)s1. The Morgan fingerprint density at radius 2 is 1.93 bits per heavy atom. The van der Waals surface area contributed by atoms with Crippen LogP contribution in [0.4, 0.5) is 24.7 Å². The highest BCUT2D eigenvalue weighted by molar-refractivity contribution is 7.13. The molecule has 0 atom stereocenters. The number of hydrogen-bond donors (Lipinski definition) is 2. The molecule has 2 aromatic heterocycles. The van der Waals surface area contributed by atoms with Crippen LogP contribution in [0.1, 0.15) is 37.2 Å². The zero-order chi connectivity index (χ0) is 20.4. The predicted molar refractivity (Wildman–Crippen MR) is 97.4 cm³/mol. The highest BCUT2D eigenvalue weighted by Gasteiger charge is 2.18. The van der Waals surface area contributed by atoms with Gasteiger partial charge in [0.1, 0.15) is 10.7 Å². The van der Waals surface area contributed by atoms with Crippen LogP contribution in [0, 0.1) is 19.7 Å². The van der Waals surface area contributed by atoms with Gasteiger partial charge in [0.2, 0.25) is 0 Å². The lowest BCUT2D eigenvalue weighted by molar-refractivity contribution is 0.0568. The molecule has 1 aromatic carbocycles. The maximum absolute atomic E-state index is 14.3. The van der Waals surface area contributed by atoms with E-state index in [0.717, 1.165) is 18.3 Å². The quantitative estimate of drug-likeness (QED) is 0.667. The van der Waals surface area contributed by atoms with Crippen LogP contribution in [-0.2, 0) is 0 Å². The molecule has 3 aromatic rings. The van der Waals surface area contributed by atoms with E-state index in [0.29, 0.717) is 20.1 Å². The summed E-state index contributed by atoms with van der Waals surface area (Å²) in [6.07, 6.45) is 2.40. The minimum Gasteiger partial charge on any atom is -0.321 e. The van der Waals surface area contributed by atoms with Crippen molar-refractivity contribution in [3.8, 4) is 0 Å². The number of carbonyl (C=O) groups excluding carboxylic acids is 2. The number of rotatable bonds is 5. The lowest BCUT2D eigenvalue weighted by Crippen LogP contribution is -2.17. The van der Waals surface area contributed by atoms with E-state index in [1.54, 1.807) is 13.8 Å². The summed E-state index contributed by atoms with van der Waals surface area (Å²) in [7, 11) is 0.